The smallest absolute Gasteiger partial charge is 0.253 e. The van der Waals surface area contributed by atoms with Gasteiger partial charge in [0.05, 0.1) is 0 Å². The molecule has 25 heavy (non-hydrogen) atoms. The number of amides is 1. The number of nitrogens with zero attached hydrogens (tertiary/aromatic N) is 2. The summed E-state index contributed by atoms with van der Waals surface area (Å²) in [5.74, 6) is 0.830. The average molecular weight is 347 g/mol. The minimum absolute atomic E-state index is 0.0206. The highest BCUT2D eigenvalue weighted by Crippen LogP contribution is 2.21. The van der Waals surface area contributed by atoms with Gasteiger partial charge >= 0.3 is 0 Å². The van der Waals surface area contributed by atoms with Gasteiger partial charge in [-0.2, -0.15) is 0 Å². The normalized spacial score (nSPS) is 12.0. The summed E-state index contributed by atoms with van der Waals surface area (Å²) >= 11 is 0. The van der Waals surface area contributed by atoms with Crippen molar-refractivity contribution < 1.29 is 4.79 Å². The summed E-state index contributed by atoms with van der Waals surface area (Å²) < 4.78 is 0. The molecule has 0 heterocycles. The highest BCUT2D eigenvalue weighted by molar-refractivity contribution is 5.93. The van der Waals surface area contributed by atoms with Crippen molar-refractivity contribution in [2.24, 2.45) is 10.4 Å². The molecule has 0 aromatic heterocycles. The maximum atomic E-state index is 11.9. The lowest BCUT2D eigenvalue weighted by molar-refractivity contribution is 0.0827. The first-order valence-electron chi connectivity index (χ1n) is 8.98. The summed E-state index contributed by atoms with van der Waals surface area (Å²) in [4.78, 5) is 17.7. The Kier molecular flexibility index (Phi) is 8.46. The number of carbonyl (C=O) groups excluding carboxylic acids is 1. The maximum absolute atomic E-state index is 11.9. The zero-order valence-electron chi connectivity index (χ0n) is 16.6. The molecule has 0 saturated carbocycles. The van der Waals surface area contributed by atoms with E-state index in [-0.39, 0.29) is 5.91 Å². The molecule has 5 heteroatoms. The molecule has 1 amide bonds. The van der Waals surface area contributed by atoms with E-state index >= 15 is 0 Å². The predicted molar refractivity (Wildman–Crippen MR) is 106 cm³/mol. The third-order valence-corrected chi connectivity index (χ3v) is 3.94. The van der Waals surface area contributed by atoms with Gasteiger partial charge in [-0.3, -0.25) is 9.79 Å². The number of hydrogen-bond acceptors (Lipinski definition) is 2. The minimum Gasteiger partial charge on any atom is -0.356 e. The van der Waals surface area contributed by atoms with E-state index in [1.165, 1.54) is 12.8 Å². The molecule has 0 aliphatic heterocycles. The van der Waals surface area contributed by atoms with Gasteiger partial charge in [0, 0.05) is 39.8 Å². The largest absolute Gasteiger partial charge is 0.356 e. The van der Waals surface area contributed by atoms with Gasteiger partial charge in [0.15, 0.2) is 5.96 Å². The van der Waals surface area contributed by atoms with Crippen molar-refractivity contribution in [2.75, 3.05) is 27.7 Å². The average Bonchev–Trinajstić information content (AvgIpc) is 2.56. The van der Waals surface area contributed by atoms with Crippen molar-refractivity contribution in [2.45, 2.75) is 46.6 Å². The molecule has 1 aromatic rings. The molecule has 1 rings (SSSR count). The number of rotatable bonds is 7. The van der Waals surface area contributed by atoms with Crippen LogP contribution in [0.2, 0.25) is 0 Å². The fraction of sp³-hybridized carbons (Fsp3) is 0.600. The molecule has 0 saturated heterocycles. The predicted octanol–water partition coefficient (Wildman–Crippen LogP) is 3.27. The first kappa shape index (κ1) is 21.0. The molecule has 1 aromatic carbocycles. The molecular formula is C20H34N4O. The van der Waals surface area contributed by atoms with Crippen LogP contribution in [0.15, 0.2) is 29.3 Å². The van der Waals surface area contributed by atoms with E-state index in [2.05, 4.69) is 36.4 Å². The second kappa shape index (κ2) is 10.1. The third-order valence-electron chi connectivity index (χ3n) is 3.94. The molecular weight excluding hydrogens is 312 g/mol. The lowest BCUT2D eigenvalue weighted by atomic mass is 9.90. The SMILES string of the molecule is CN=C(NCCCCC(C)(C)C)NCc1ccc(C(=O)N(C)C)cc1. The van der Waals surface area contributed by atoms with Crippen LogP contribution in [0.5, 0.6) is 0 Å². The van der Waals surface area contributed by atoms with E-state index in [0.717, 1.165) is 24.5 Å². The van der Waals surface area contributed by atoms with Gasteiger partial charge in [0.2, 0.25) is 0 Å². The standard InChI is InChI=1S/C20H34N4O/c1-20(2,3)13-7-8-14-22-19(21-4)23-15-16-9-11-17(12-10-16)18(25)24(5)6/h9-12H,7-8,13-15H2,1-6H3,(H2,21,22,23). The van der Waals surface area contributed by atoms with E-state index in [9.17, 15) is 4.79 Å². The Morgan fingerprint density at radius 3 is 2.24 bits per heavy atom. The van der Waals surface area contributed by atoms with Crippen molar-refractivity contribution in [3.05, 3.63) is 35.4 Å². The highest BCUT2D eigenvalue weighted by Gasteiger charge is 2.09. The molecule has 140 valence electrons. The Hall–Kier alpha value is -2.04. The van der Waals surface area contributed by atoms with E-state index in [1.54, 1.807) is 26.0 Å². The lowest BCUT2D eigenvalue weighted by Crippen LogP contribution is -2.37. The quantitative estimate of drug-likeness (QED) is 0.453. The Morgan fingerprint density at radius 2 is 1.72 bits per heavy atom. The van der Waals surface area contributed by atoms with Crippen LogP contribution < -0.4 is 10.6 Å². The van der Waals surface area contributed by atoms with Crippen molar-refractivity contribution in [1.82, 2.24) is 15.5 Å². The first-order valence-corrected chi connectivity index (χ1v) is 8.98. The number of aliphatic imine (C=N–C) groups is 1. The molecule has 2 N–H and O–H groups in total. The molecule has 0 atom stereocenters. The first-order chi connectivity index (χ1) is 11.7. The monoisotopic (exact) mass is 346 g/mol. The molecule has 5 nitrogen and oxygen atoms in total. The van der Waals surface area contributed by atoms with Crippen LogP contribution in [-0.4, -0.2) is 44.5 Å². The van der Waals surface area contributed by atoms with Gasteiger partial charge < -0.3 is 15.5 Å². The van der Waals surface area contributed by atoms with E-state index < -0.39 is 0 Å². The van der Waals surface area contributed by atoms with Gasteiger partial charge in [-0.1, -0.05) is 39.3 Å². The number of hydrogen-bond donors (Lipinski definition) is 2. The van der Waals surface area contributed by atoms with E-state index in [0.29, 0.717) is 17.5 Å². The summed E-state index contributed by atoms with van der Waals surface area (Å²) in [5.41, 5.74) is 2.22. The van der Waals surface area contributed by atoms with E-state index in [1.807, 2.05) is 24.3 Å². The summed E-state index contributed by atoms with van der Waals surface area (Å²) in [6.45, 7) is 8.43. The van der Waals surface area contributed by atoms with Crippen LogP contribution in [0.4, 0.5) is 0 Å². The maximum Gasteiger partial charge on any atom is 0.253 e. The fourth-order valence-electron chi connectivity index (χ4n) is 2.42. The Bertz CT molecular complexity index is 556. The summed E-state index contributed by atoms with van der Waals surface area (Å²) in [5, 5.41) is 6.66. The number of nitrogens with one attached hydrogen (secondary N) is 2. The molecule has 0 radical (unpaired) electrons. The minimum atomic E-state index is 0.0206. The lowest BCUT2D eigenvalue weighted by Gasteiger charge is -2.18. The Morgan fingerprint density at radius 1 is 1.08 bits per heavy atom. The molecule has 0 unspecified atom stereocenters. The van der Waals surface area contributed by atoms with Crippen LogP contribution >= 0.6 is 0 Å². The number of benzene rings is 1. The van der Waals surface area contributed by atoms with Crippen LogP contribution in [0, 0.1) is 5.41 Å². The van der Waals surface area contributed by atoms with E-state index in [4.69, 9.17) is 0 Å². The van der Waals surface area contributed by atoms with Gasteiger partial charge in [-0.15, -0.1) is 0 Å². The zero-order chi connectivity index (χ0) is 18.9. The third kappa shape index (κ3) is 8.57. The molecule has 0 aliphatic carbocycles. The zero-order valence-corrected chi connectivity index (χ0v) is 16.6. The van der Waals surface area contributed by atoms with Crippen molar-refractivity contribution >= 4 is 11.9 Å². The van der Waals surface area contributed by atoms with Gasteiger partial charge in [-0.25, -0.2) is 0 Å². The number of guanidine groups is 1. The number of carbonyl (C=O) groups is 1. The van der Waals surface area contributed by atoms with Crippen LogP contribution in [0.25, 0.3) is 0 Å². The molecule has 0 fully saturated rings. The molecule has 0 spiro atoms. The van der Waals surface area contributed by atoms with Crippen LogP contribution in [0.3, 0.4) is 0 Å². The summed E-state index contributed by atoms with van der Waals surface area (Å²) in [6.07, 6.45) is 3.59. The Labute approximate surface area is 152 Å². The summed E-state index contributed by atoms with van der Waals surface area (Å²) in [7, 11) is 5.30. The van der Waals surface area contributed by atoms with Gasteiger partial charge in [0.25, 0.3) is 5.91 Å². The fourth-order valence-corrected chi connectivity index (χ4v) is 2.42. The van der Waals surface area contributed by atoms with Gasteiger partial charge in [0.1, 0.15) is 0 Å². The topological polar surface area (TPSA) is 56.7 Å². The molecule has 0 aliphatic rings. The number of unbranched alkanes of at least 4 members (excludes halogenated alkanes) is 1. The van der Waals surface area contributed by atoms with Crippen molar-refractivity contribution in [3.8, 4) is 0 Å². The van der Waals surface area contributed by atoms with Crippen LogP contribution in [0.1, 0.15) is 56.0 Å². The second-order valence-electron chi connectivity index (χ2n) is 7.77. The summed E-state index contributed by atoms with van der Waals surface area (Å²) in [6, 6.07) is 7.67. The molecule has 0 bridgehead atoms. The highest BCUT2D eigenvalue weighted by atomic mass is 16.2. The Balaban J connectivity index is 2.36. The van der Waals surface area contributed by atoms with Gasteiger partial charge in [-0.05, 0) is 36.0 Å². The van der Waals surface area contributed by atoms with Crippen molar-refractivity contribution in [1.29, 1.82) is 0 Å². The van der Waals surface area contributed by atoms with Crippen LogP contribution in [-0.2, 0) is 6.54 Å². The van der Waals surface area contributed by atoms with Crippen molar-refractivity contribution in [3.63, 3.8) is 0 Å². The second-order valence-corrected chi connectivity index (χ2v) is 7.77.